The second-order valence-corrected chi connectivity index (χ2v) is 4.04. The maximum atomic E-state index is 4.47. The van der Waals surface area contributed by atoms with Crippen molar-refractivity contribution >= 4 is 16.8 Å². The molecule has 4 heteroatoms. The Balaban J connectivity index is 2.65. The van der Waals surface area contributed by atoms with Crippen LogP contribution >= 0.6 is 0 Å². The Bertz CT molecular complexity index is 675. The predicted molar refractivity (Wildman–Crippen MR) is 62.3 cm³/mol. The Kier molecular flexibility index (Phi) is 1.80. The summed E-state index contributed by atoms with van der Waals surface area (Å²) in [5.41, 5.74) is 2.49. The van der Waals surface area contributed by atoms with Gasteiger partial charge in [0.1, 0.15) is 11.0 Å². The summed E-state index contributed by atoms with van der Waals surface area (Å²) in [6, 6.07) is 8.45. The van der Waals surface area contributed by atoms with Gasteiger partial charge in [0.2, 0.25) is 5.82 Å². The highest BCUT2D eigenvalue weighted by molar-refractivity contribution is 5.75. The molecule has 0 fully saturated rings. The molecule has 3 rings (SSSR count). The number of hydrogen-bond acceptors (Lipinski definition) is 1. The molecule has 0 amide bonds. The molecule has 4 nitrogen and oxygen atoms in total. The minimum Gasteiger partial charge on any atom is -0.226 e. The predicted octanol–water partition coefficient (Wildman–Crippen LogP) is 1.44. The summed E-state index contributed by atoms with van der Waals surface area (Å²) in [6.07, 6.45) is 0. The van der Waals surface area contributed by atoms with Crippen molar-refractivity contribution in [1.82, 2.24) is 14.2 Å². The SMILES string of the molecule is CC[n+]1c2ccccc2n2c(C)nn(C)c21. The second-order valence-electron chi connectivity index (χ2n) is 4.04. The van der Waals surface area contributed by atoms with Crippen LogP contribution in [-0.4, -0.2) is 14.2 Å². The normalized spacial score (nSPS) is 11.7. The Morgan fingerprint density at radius 2 is 2.06 bits per heavy atom. The topological polar surface area (TPSA) is 26.1 Å². The molecule has 0 aliphatic heterocycles. The first-order valence-electron chi connectivity index (χ1n) is 5.56. The van der Waals surface area contributed by atoms with Gasteiger partial charge in [-0.25, -0.2) is 4.57 Å². The third-order valence-electron chi connectivity index (χ3n) is 3.08. The minimum absolute atomic E-state index is 0.954. The van der Waals surface area contributed by atoms with E-state index in [0.29, 0.717) is 0 Å². The number of hydrogen-bond donors (Lipinski definition) is 0. The number of rotatable bonds is 1. The molecular weight excluding hydrogens is 200 g/mol. The average Bonchev–Trinajstić information content (AvgIpc) is 2.76. The van der Waals surface area contributed by atoms with Crippen molar-refractivity contribution < 1.29 is 4.57 Å². The van der Waals surface area contributed by atoms with Crippen molar-refractivity contribution in [3.05, 3.63) is 30.1 Å². The maximum absolute atomic E-state index is 4.47. The standard InChI is InChI=1S/C12H15N4/c1-4-15-10-7-5-6-8-11(10)16-9(2)13-14(3)12(15)16/h5-8H,4H2,1-3H3/q+1. The van der Waals surface area contributed by atoms with Gasteiger partial charge in [-0.1, -0.05) is 17.2 Å². The van der Waals surface area contributed by atoms with E-state index in [0.717, 1.165) is 18.1 Å². The van der Waals surface area contributed by atoms with Crippen molar-refractivity contribution in [2.75, 3.05) is 0 Å². The summed E-state index contributed by atoms with van der Waals surface area (Å²) in [7, 11) is 1.99. The Morgan fingerprint density at radius 3 is 2.81 bits per heavy atom. The van der Waals surface area contributed by atoms with Crippen LogP contribution in [0.1, 0.15) is 12.7 Å². The molecule has 0 radical (unpaired) electrons. The fourth-order valence-corrected chi connectivity index (χ4v) is 2.47. The number of benzene rings is 1. The van der Waals surface area contributed by atoms with Crippen molar-refractivity contribution in [1.29, 1.82) is 0 Å². The van der Waals surface area contributed by atoms with Gasteiger partial charge in [-0.3, -0.25) is 0 Å². The third-order valence-corrected chi connectivity index (χ3v) is 3.08. The molecule has 2 heterocycles. The molecule has 0 aliphatic carbocycles. The molecule has 16 heavy (non-hydrogen) atoms. The summed E-state index contributed by atoms with van der Waals surface area (Å²) in [4.78, 5) is 0. The molecular formula is C12H15N4+. The van der Waals surface area contributed by atoms with Gasteiger partial charge in [0.05, 0.1) is 13.6 Å². The molecule has 0 aliphatic rings. The molecule has 0 spiro atoms. The summed E-state index contributed by atoms with van der Waals surface area (Å²) in [5, 5.41) is 4.47. The Morgan fingerprint density at radius 1 is 1.31 bits per heavy atom. The number of aryl methyl sites for hydroxylation is 3. The monoisotopic (exact) mass is 215 g/mol. The first-order valence-corrected chi connectivity index (χ1v) is 5.56. The molecule has 0 atom stereocenters. The molecule has 0 unspecified atom stereocenters. The van der Waals surface area contributed by atoms with E-state index >= 15 is 0 Å². The molecule has 0 N–H and O–H groups in total. The lowest BCUT2D eigenvalue weighted by atomic mass is 10.3. The zero-order chi connectivity index (χ0) is 11.3. The Hall–Kier alpha value is -1.84. The van der Waals surface area contributed by atoms with Crippen LogP contribution in [0.2, 0.25) is 0 Å². The van der Waals surface area contributed by atoms with E-state index in [9.17, 15) is 0 Å². The van der Waals surface area contributed by atoms with Crippen LogP contribution in [0, 0.1) is 6.92 Å². The average molecular weight is 215 g/mol. The molecule has 0 saturated heterocycles. The molecule has 82 valence electrons. The summed E-state index contributed by atoms with van der Waals surface area (Å²) < 4.78 is 6.44. The highest BCUT2D eigenvalue weighted by Gasteiger charge is 2.22. The first-order chi connectivity index (χ1) is 7.74. The molecule has 3 aromatic rings. The lowest BCUT2D eigenvalue weighted by molar-refractivity contribution is -0.645. The Labute approximate surface area is 93.7 Å². The molecule has 2 aromatic heterocycles. The first kappa shape index (κ1) is 9.39. The van der Waals surface area contributed by atoms with Gasteiger partial charge in [0, 0.05) is 6.92 Å². The lowest BCUT2D eigenvalue weighted by Gasteiger charge is -1.93. The van der Waals surface area contributed by atoms with Gasteiger partial charge in [-0.15, -0.1) is 4.68 Å². The van der Waals surface area contributed by atoms with Gasteiger partial charge in [-0.05, 0) is 19.1 Å². The quantitative estimate of drug-likeness (QED) is 0.564. The van der Waals surface area contributed by atoms with Crippen LogP contribution in [0.4, 0.5) is 0 Å². The van der Waals surface area contributed by atoms with Crippen molar-refractivity contribution in [2.24, 2.45) is 7.05 Å². The number of fused-ring (bicyclic) bond motifs is 3. The van der Waals surface area contributed by atoms with E-state index in [2.05, 4.69) is 45.3 Å². The summed E-state index contributed by atoms with van der Waals surface area (Å²) in [6.45, 7) is 5.16. The minimum atomic E-state index is 0.954. The van der Waals surface area contributed by atoms with Gasteiger partial charge in [0.25, 0.3) is 0 Å². The fourth-order valence-electron chi connectivity index (χ4n) is 2.47. The number of aromatic nitrogens is 4. The van der Waals surface area contributed by atoms with E-state index in [1.54, 1.807) is 0 Å². The van der Waals surface area contributed by atoms with Gasteiger partial charge in [0.15, 0.2) is 0 Å². The number of para-hydroxylation sites is 2. The van der Waals surface area contributed by atoms with E-state index in [1.807, 2.05) is 18.7 Å². The summed E-state index contributed by atoms with van der Waals surface area (Å²) in [5.74, 6) is 2.17. The van der Waals surface area contributed by atoms with Crippen LogP contribution < -0.4 is 4.57 Å². The van der Waals surface area contributed by atoms with E-state index in [1.165, 1.54) is 11.0 Å². The lowest BCUT2D eigenvalue weighted by Crippen LogP contribution is -2.33. The van der Waals surface area contributed by atoms with Gasteiger partial charge >= 0.3 is 5.78 Å². The van der Waals surface area contributed by atoms with E-state index < -0.39 is 0 Å². The maximum Gasteiger partial charge on any atom is 0.390 e. The van der Waals surface area contributed by atoms with E-state index in [-0.39, 0.29) is 0 Å². The number of nitrogens with zero attached hydrogens (tertiary/aromatic N) is 4. The molecule has 0 saturated carbocycles. The highest BCUT2D eigenvalue weighted by atomic mass is 15.4. The molecule has 0 bridgehead atoms. The van der Waals surface area contributed by atoms with Crippen LogP contribution in [0.15, 0.2) is 24.3 Å². The smallest absolute Gasteiger partial charge is 0.226 e. The van der Waals surface area contributed by atoms with Gasteiger partial charge < -0.3 is 0 Å². The second kappa shape index (κ2) is 3.07. The molecule has 1 aromatic carbocycles. The van der Waals surface area contributed by atoms with Crippen molar-refractivity contribution in [3.63, 3.8) is 0 Å². The van der Waals surface area contributed by atoms with Crippen molar-refractivity contribution in [2.45, 2.75) is 20.4 Å². The van der Waals surface area contributed by atoms with Crippen LogP contribution in [0.5, 0.6) is 0 Å². The van der Waals surface area contributed by atoms with Crippen molar-refractivity contribution in [3.8, 4) is 0 Å². The number of imidazole rings is 1. The zero-order valence-corrected chi connectivity index (χ0v) is 9.81. The third kappa shape index (κ3) is 0.988. The van der Waals surface area contributed by atoms with E-state index in [4.69, 9.17) is 0 Å². The fraction of sp³-hybridized carbons (Fsp3) is 0.333. The summed E-state index contributed by atoms with van der Waals surface area (Å²) >= 11 is 0. The van der Waals surface area contributed by atoms with Crippen LogP contribution in [0.25, 0.3) is 16.8 Å². The largest absolute Gasteiger partial charge is 0.390 e. The zero-order valence-electron chi connectivity index (χ0n) is 9.81. The van der Waals surface area contributed by atoms with Gasteiger partial charge in [-0.2, -0.15) is 4.40 Å². The van der Waals surface area contributed by atoms with Crippen LogP contribution in [0.3, 0.4) is 0 Å². The highest BCUT2D eigenvalue weighted by Crippen LogP contribution is 2.15. The van der Waals surface area contributed by atoms with Crippen LogP contribution in [-0.2, 0) is 13.6 Å².